The summed E-state index contributed by atoms with van der Waals surface area (Å²) in [5.41, 5.74) is 2.31. The number of carbonyl (C=O) groups excluding carboxylic acids is 3. The lowest BCUT2D eigenvalue weighted by Gasteiger charge is -2.31. The first kappa shape index (κ1) is 23.3. The third-order valence-corrected chi connectivity index (χ3v) is 3.16. The molecule has 8 nitrogen and oxygen atoms in total. The molecular weight excluding hydrogens is 362 g/mol. The van der Waals surface area contributed by atoms with Crippen molar-refractivity contribution < 1.29 is 23.9 Å². The Labute approximate surface area is 166 Å². The number of hydrogen-bond acceptors (Lipinski definition) is 5. The number of alkyl carbamates (subject to hydrolysis) is 1. The zero-order chi connectivity index (χ0) is 21.4. The Morgan fingerprint density at radius 2 is 1.57 bits per heavy atom. The van der Waals surface area contributed by atoms with Crippen molar-refractivity contribution in [2.24, 2.45) is 5.41 Å². The van der Waals surface area contributed by atoms with E-state index in [4.69, 9.17) is 9.47 Å². The fourth-order valence-corrected chi connectivity index (χ4v) is 2.09. The maximum absolute atomic E-state index is 12.5. The van der Waals surface area contributed by atoms with Gasteiger partial charge in [-0.2, -0.15) is 0 Å². The van der Waals surface area contributed by atoms with Crippen molar-refractivity contribution >= 4 is 18.1 Å². The summed E-state index contributed by atoms with van der Waals surface area (Å²) in [6.07, 6.45) is -1.46. The normalized spacial score (nSPS) is 11.4. The Kier molecular flexibility index (Phi) is 8.28. The molecule has 156 valence electrons. The van der Waals surface area contributed by atoms with Gasteiger partial charge in [0.15, 0.2) is 0 Å². The average Bonchev–Trinajstić information content (AvgIpc) is 2.55. The number of ether oxygens (including phenoxy) is 2. The quantitative estimate of drug-likeness (QED) is 0.749. The summed E-state index contributed by atoms with van der Waals surface area (Å²) in [5.74, 6) is -0.488. The molecule has 0 aliphatic rings. The van der Waals surface area contributed by atoms with Gasteiger partial charge in [-0.15, -0.1) is 0 Å². The summed E-state index contributed by atoms with van der Waals surface area (Å²) in [6, 6.07) is 9.20. The third-order valence-electron chi connectivity index (χ3n) is 3.16. The molecule has 0 radical (unpaired) electrons. The molecule has 0 unspecified atom stereocenters. The van der Waals surface area contributed by atoms with E-state index in [2.05, 4.69) is 10.7 Å². The van der Waals surface area contributed by atoms with Gasteiger partial charge in [0.05, 0.1) is 0 Å². The third kappa shape index (κ3) is 10.4. The van der Waals surface area contributed by atoms with Crippen LogP contribution in [0.2, 0.25) is 0 Å². The molecule has 0 bridgehead atoms. The number of benzene rings is 1. The molecule has 28 heavy (non-hydrogen) atoms. The average molecular weight is 393 g/mol. The molecule has 1 aromatic rings. The van der Waals surface area contributed by atoms with Crippen molar-refractivity contribution in [2.75, 3.05) is 13.1 Å². The highest BCUT2D eigenvalue weighted by molar-refractivity contribution is 5.84. The van der Waals surface area contributed by atoms with Crippen LogP contribution in [0.15, 0.2) is 30.3 Å². The summed E-state index contributed by atoms with van der Waals surface area (Å²) in [4.78, 5) is 36.3. The molecule has 3 amide bonds. The zero-order valence-electron chi connectivity index (χ0n) is 17.5. The minimum absolute atomic E-state index is 0.0999. The van der Waals surface area contributed by atoms with Crippen molar-refractivity contribution in [1.82, 2.24) is 15.8 Å². The molecule has 0 aliphatic heterocycles. The van der Waals surface area contributed by atoms with Crippen molar-refractivity contribution in [3.8, 4) is 0 Å². The van der Waals surface area contributed by atoms with Crippen LogP contribution in [0.1, 0.15) is 47.1 Å². The Hall–Kier alpha value is -2.77. The highest BCUT2D eigenvalue weighted by atomic mass is 16.6. The van der Waals surface area contributed by atoms with E-state index in [-0.39, 0.29) is 25.1 Å². The predicted octanol–water partition coefficient (Wildman–Crippen LogP) is 3.23. The summed E-state index contributed by atoms with van der Waals surface area (Å²) < 4.78 is 10.3. The van der Waals surface area contributed by atoms with Crippen LogP contribution in [-0.4, -0.2) is 41.8 Å². The Bertz CT molecular complexity index is 663. The molecule has 0 aliphatic carbocycles. The van der Waals surface area contributed by atoms with E-state index in [1.165, 1.54) is 0 Å². The lowest BCUT2D eigenvalue weighted by molar-refractivity contribution is -0.134. The number of rotatable bonds is 5. The van der Waals surface area contributed by atoms with E-state index in [9.17, 15) is 14.4 Å². The SMILES string of the molecule is CC(C)(C)CN(NC(=O)OC(C)(C)C)C(=O)CNC(=O)OCc1ccccc1. The number of carbonyl (C=O) groups is 3. The van der Waals surface area contributed by atoms with Crippen LogP contribution in [0.5, 0.6) is 0 Å². The molecule has 0 spiro atoms. The topological polar surface area (TPSA) is 97.0 Å². The molecule has 1 rings (SSSR count). The number of amides is 3. The van der Waals surface area contributed by atoms with Gasteiger partial charge < -0.3 is 14.8 Å². The first-order chi connectivity index (χ1) is 12.9. The van der Waals surface area contributed by atoms with E-state index in [0.717, 1.165) is 10.6 Å². The van der Waals surface area contributed by atoms with Crippen molar-refractivity contribution in [2.45, 2.75) is 53.8 Å². The molecular formula is C20H31N3O5. The minimum atomic E-state index is -0.739. The monoisotopic (exact) mass is 393 g/mol. The van der Waals surface area contributed by atoms with Crippen LogP contribution < -0.4 is 10.7 Å². The second-order valence-electron chi connectivity index (χ2n) is 8.57. The number of hydrogen-bond donors (Lipinski definition) is 2. The van der Waals surface area contributed by atoms with Gasteiger partial charge in [0, 0.05) is 6.54 Å². The van der Waals surface area contributed by atoms with Crippen molar-refractivity contribution in [3.05, 3.63) is 35.9 Å². The molecule has 1 aromatic carbocycles. The molecule has 0 aromatic heterocycles. The largest absolute Gasteiger partial charge is 0.445 e. The molecule has 0 saturated heterocycles. The van der Waals surface area contributed by atoms with Gasteiger partial charge in [-0.1, -0.05) is 51.1 Å². The maximum Gasteiger partial charge on any atom is 0.426 e. The van der Waals surface area contributed by atoms with E-state index in [0.29, 0.717) is 0 Å². The van der Waals surface area contributed by atoms with Gasteiger partial charge in [0.2, 0.25) is 0 Å². The number of hydrazine groups is 1. The number of nitrogens with zero attached hydrogens (tertiary/aromatic N) is 1. The second-order valence-corrected chi connectivity index (χ2v) is 8.57. The van der Waals surface area contributed by atoms with Crippen LogP contribution in [-0.2, 0) is 20.9 Å². The van der Waals surface area contributed by atoms with E-state index in [1.807, 2.05) is 51.1 Å². The fourth-order valence-electron chi connectivity index (χ4n) is 2.09. The lowest BCUT2D eigenvalue weighted by Crippen LogP contribution is -2.53. The van der Waals surface area contributed by atoms with Gasteiger partial charge in [0.25, 0.3) is 5.91 Å². The first-order valence-corrected chi connectivity index (χ1v) is 9.10. The van der Waals surface area contributed by atoms with E-state index < -0.39 is 23.7 Å². The highest BCUT2D eigenvalue weighted by Crippen LogP contribution is 2.15. The molecule has 8 heteroatoms. The van der Waals surface area contributed by atoms with Crippen molar-refractivity contribution in [3.63, 3.8) is 0 Å². The number of nitrogens with one attached hydrogen (secondary N) is 2. The van der Waals surface area contributed by atoms with Gasteiger partial charge in [-0.05, 0) is 31.7 Å². The summed E-state index contributed by atoms with van der Waals surface area (Å²) >= 11 is 0. The Balaban J connectivity index is 2.57. The minimum Gasteiger partial charge on any atom is -0.445 e. The van der Waals surface area contributed by atoms with Crippen LogP contribution >= 0.6 is 0 Å². The zero-order valence-corrected chi connectivity index (χ0v) is 17.5. The lowest BCUT2D eigenvalue weighted by atomic mass is 9.97. The van der Waals surface area contributed by atoms with Gasteiger partial charge in [-0.25, -0.2) is 20.0 Å². The van der Waals surface area contributed by atoms with Crippen molar-refractivity contribution in [1.29, 1.82) is 0 Å². The molecule has 0 saturated carbocycles. The maximum atomic E-state index is 12.5. The molecule has 0 heterocycles. The Morgan fingerprint density at radius 1 is 0.964 bits per heavy atom. The van der Waals surface area contributed by atoms with Gasteiger partial charge in [0.1, 0.15) is 18.8 Å². The van der Waals surface area contributed by atoms with Crippen LogP contribution in [0.25, 0.3) is 0 Å². The summed E-state index contributed by atoms with van der Waals surface area (Å²) in [7, 11) is 0. The van der Waals surface area contributed by atoms with Crippen LogP contribution in [0, 0.1) is 5.41 Å². The molecule has 0 atom stereocenters. The van der Waals surface area contributed by atoms with Crippen LogP contribution in [0.4, 0.5) is 9.59 Å². The highest BCUT2D eigenvalue weighted by Gasteiger charge is 2.25. The first-order valence-electron chi connectivity index (χ1n) is 9.10. The van der Waals surface area contributed by atoms with E-state index >= 15 is 0 Å². The molecule has 2 N–H and O–H groups in total. The van der Waals surface area contributed by atoms with Crippen LogP contribution in [0.3, 0.4) is 0 Å². The van der Waals surface area contributed by atoms with Gasteiger partial charge >= 0.3 is 12.2 Å². The standard InChI is InChI=1S/C20H31N3O5/c1-19(2,3)14-23(22-18(26)28-20(4,5)6)16(24)12-21-17(25)27-13-15-10-8-7-9-11-15/h7-11H,12-14H2,1-6H3,(H,21,25)(H,22,26). The van der Waals surface area contributed by atoms with Gasteiger partial charge in [-0.3, -0.25) is 4.79 Å². The second kappa shape index (κ2) is 9.96. The Morgan fingerprint density at radius 3 is 2.11 bits per heavy atom. The smallest absolute Gasteiger partial charge is 0.426 e. The fraction of sp³-hybridized carbons (Fsp3) is 0.550. The predicted molar refractivity (Wildman–Crippen MR) is 105 cm³/mol. The summed E-state index contributed by atoms with van der Waals surface area (Å²) in [6.45, 7) is 11.0. The summed E-state index contributed by atoms with van der Waals surface area (Å²) in [5, 5.41) is 3.54. The van der Waals surface area contributed by atoms with E-state index in [1.54, 1.807) is 20.8 Å². The molecule has 0 fully saturated rings.